The average molecular weight is 367 g/mol. The van der Waals surface area contributed by atoms with Gasteiger partial charge >= 0.3 is 6.18 Å². The largest absolute Gasteiger partial charge is 0.484 e. The van der Waals surface area contributed by atoms with E-state index in [1.54, 1.807) is 38.4 Å². The first kappa shape index (κ1) is 19.2. The van der Waals surface area contributed by atoms with Crippen molar-refractivity contribution in [2.75, 3.05) is 26.0 Å². The fourth-order valence-corrected chi connectivity index (χ4v) is 1.81. The third kappa shape index (κ3) is 5.20. The zero-order chi connectivity index (χ0) is 19.3. The molecule has 2 aromatic rings. The van der Waals surface area contributed by atoms with E-state index in [1.807, 2.05) is 0 Å². The summed E-state index contributed by atoms with van der Waals surface area (Å²) >= 11 is 0. The molecule has 0 saturated heterocycles. The van der Waals surface area contributed by atoms with Gasteiger partial charge in [0, 0.05) is 26.0 Å². The highest BCUT2D eigenvalue weighted by atomic mass is 19.4. The van der Waals surface area contributed by atoms with E-state index in [1.165, 1.54) is 4.90 Å². The van der Waals surface area contributed by atoms with E-state index in [2.05, 4.69) is 10.3 Å². The molecule has 138 valence electrons. The maximum atomic E-state index is 12.5. The third-order valence-corrected chi connectivity index (χ3v) is 3.29. The molecule has 1 aromatic carbocycles. The molecule has 0 atom stereocenters. The monoisotopic (exact) mass is 367 g/mol. The fourth-order valence-electron chi connectivity index (χ4n) is 1.81. The molecular formula is C17H16F3N3O3. The quantitative estimate of drug-likeness (QED) is 0.882. The zero-order valence-electron chi connectivity index (χ0n) is 14.0. The van der Waals surface area contributed by atoms with E-state index in [0.717, 1.165) is 18.3 Å². The van der Waals surface area contributed by atoms with Crippen molar-refractivity contribution in [1.82, 2.24) is 9.88 Å². The summed E-state index contributed by atoms with van der Waals surface area (Å²) < 4.78 is 42.7. The van der Waals surface area contributed by atoms with Crippen molar-refractivity contribution in [3.63, 3.8) is 0 Å². The molecule has 1 heterocycles. The van der Waals surface area contributed by atoms with Crippen LogP contribution in [0.2, 0.25) is 0 Å². The Kier molecular flexibility index (Phi) is 5.81. The van der Waals surface area contributed by atoms with Gasteiger partial charge in [-0.05, 0) is 36.4 Å². The van der Waals surface area contributed by atoms with E-state index in [-0.39, 0.29) is 18.1 Å². The predicted octanol–water partition coefficient (Wildman–Crippen LogP) is 2.82. The number of ether oxygens (including phenoxy) is 1. The van der Waals surface area contributed by atoms with Crippen LogP contribution < -0.4 is 10.1 Å². The molecule has 0 fully saturated rings. The molecule has 0 aliphatic rings. The number of likely N-dealkylation sites (N-methyl/N-ethyl adjacent to an activating group) is 1. The molecule has 0 bridgehead atoms. The van der Waals surface area contributed by atoms with Crippen LogP contribution in [0.4, 0.5) is 18.9 Å². The molecule has 1 aromatic heterocycles. The Morgan fingerprint density at radius 1 is 1.12 bits per heavy atom. The number of alkyl halides is 3. The highest BCUT2D eigenvalue weighted by Crippen LogP contribution is 2.27. The van der Waals surface area contributed by atoms with Crippen LogP contribution in [0.25, 0.3) is 0 Å². The number of pyridine rings is 1. The normalized spacial score (nSPS) is 11.0. The van der Waals surface area contributed by atoms with Crippen molar-refractivity contribution in [3.8, 4) is 5.75 Å². The highest BCUT2D eigenvalue weighted by molar-refractivity contribution is 6.04. The average Bonchev–Trinajstić information content (AvgIpc) is 2.60. The predicted molar refractivity (Wildman–Crippen MR) is 87.8 cm³/mol. The Morgan fingerprint density at radius 2 is 1.77 bits per heavy atom. The summed E-state index contributed by atoms with van der Waals surface area (Å²) in [6.45, 7) is -0.115. The molecule has 1 N–H and O–H groups in total. The topological polar surface area (TPSA) is 71.5 Å². The number of carbonyl (C=O) groups excluding carboxylic acids is 2. The lowest BCUT2D eigenvalue weighted by Crippen LogP contribution is -2.27. The minimum absolute atomic E-state index is 0.00472. The number of carbonyl (C=O) groups is 2. The summed E-state index contributed by atoms with van der Waals surface area (Å²) in [5.41, 5.74) is -0.654. The lowest BCUT2D eigenvalue weighted by Gasteiger charge is -2.12. The van der Waals surface area contributed by atoms with E-state index in [4.69, 9.17) is 4.74 Å². The minimum Gasteiger partial charge on any atom is -0.484 e. The summed E-state index contributed by atoms with van der Waals surface area (Å²) in [6.07, 6.45) is -3.69. The van der Waals surface area contributed by atoms with Crippen molar-refractivity contribution in [1.29, 1.82) is 0 Å². The van der Waals surface area contributed by atoms with Crippen molar-refractivity contribution >= 4 is 17.5 Å². The van der Waals surface area contributed by atoms with Crippen LogP contribution in [-0.4, -0.2) is 42.4 Å². The standard InChI is InChI=1S/C17H16F3N3O3/c1-23(2)15(24)10-26-13-6-4-12(5-7-13)22-16(25)11-3-8-14(21-9-11)17(18,19)20/h3-9H,10H2,1-2H3,(H,22,25). The number of rotatable bonds is 5. The van der Waals surface area contributed by atoms with Crippen LogP contribution in [0, 0.1) is 0 Å². The minimum atomic E-state index is -4.56. The molecule has 0 spiro atoms. The molecule has 0 aliphatic carbocycles. The first-order chi connectivity index (χ1) is 12.2. The molecule has 2 amide bonds. The van der Waals surface area contributed by atoms with Gasteiger partial charge < -0.3 is 15.0 Å². The van der Waals surface area contributed by atoms with Gasteiger partial charge in [0.2, 0.25) is 0 Å². The Labute approximate surface area is 147 Å². The number of nitrogens with one attached hydrogen (secondary N) is 1. The number of aromatic nitrogens is 1. The van der Waals surface area contributed by atoms with Gasteiger partial charge in [0.05, 0.1) is 5.56 Å². The smallest absolute Gasteiger partial charge is 0.433 e. The van der Waals surface area contributed by atoms with Gasteiger partial charge in [-0.1, -0.05) is 0 Å². The highest BCUT2D eigenvalue weighted by Gasteiger charge is 2.32. The number of benzene rings is 1. The number of amides is 2. The second kappa shape index (κ2) is 7.85. The van der Waals surface area contributed by atoms with Gasteiger partial charge in [-0.3, -0.25) is 14.6 Å². The molecule has 0 aliphatic heterocycles. The first-order valence-electron chi connectivity index (χ1n) is 7.44. The van der Waals surface area contributed by atoms with Crippen LogP contribution in [0.5, 0.6) is 5.75 Å². The van der Waals surface area contributed by atoms with Crippen molar-refractivity contribution < 1.29 is 27.5 Å². The van der Waals surface area contributed by atoms with Gasteiger partial charge in [-0.25, -0.2) is 0 Å². The summed E-state index contributed by atoms with van der Waals surface area (Å²) in [5.74, 6) is -0.353. The second-order valence-corrected chi connectivity index (χ2v) is 5.49. The van der Waals surface area contributed by atoms with Crippen molar-refractivity contribution in [3.05, 3.63) is 53.9 Å². The maximum absolute atomic E-state index is 12.5. The first-order valence-corrected chi connectivity index (χ1v) is 7.44. The summed E-state index contributed by atoms with van der Waals surface area (Å²) in [6, 6.07) is 8.01. The number of halogens is 3. The molecule has 0 saturated carbocycles. The summed E-state index contributed by atoms with van der Waals surface area (Å²) in [5, 5.41) is 2.54. The number of hydrogen-bond donors (Lipinski definition) is 1. The zero-order valence-corrected chi connectivity index (χ0v) is 14.0. The van der Waals surface area contributed by atoms with Crippen LogP contribution in [0.15, 0.2) is 42.6 Å². The Bertz CT molecular complexity index is 773. The van der Waals surface area contributed by atoms with Crippen LogP contribution >= 0.6 is 0 Å². The Morgan fingerprint density at radius 3 is 2.27 bits per heavy atom. The van der Waals surface area contributed by atoms with Gasteiger partial charge in [-0.2, -0.15) is 13.2 Å². The molecular weight excluding hydrogens is 351 g/mol. The maximum Gasteiger partial charge on any atom is 0.433 e. The second-order valence-electron chi connectivity index (χ2n) is 5.49. The van der Waals surface area contributed by atoms with Gasteiger partial charge in [-0.15, -0.1) is 0 Å². The number of hydrogen-bond acceptors (Lipinski definition) is 4. The van der Waals surface area contributed by atoms with E-state index in [0.29, 0.717) is 11.4 Å². The van der Waals surface area contributed by atoms with Crippen molar-refractivity contribution in [2.24, 2.45) is 0 Å². The SMILES string of the molecule is CN(C)C(=O)COc1ccc(NC(=O)c2ccc(C(F)(F)F)nc2)cc1. The molecule has 6 nitrogen and oxygen atoms in total. The van der Waals surface area contributed by atoms with Gasteiger partial charge in [0.15, 0.2) is 6.61 Å². The molecule has 0 unspecified atom stereocenters. The van der Waals surface area contributed by atoms with Crippen molar-refractivity contribution in [2.45, 2.75) is 6.18 Å². The van der Waals surface area contributed by atoms with E-state index < -0.39 is 17.8 Å². The molecule has 26 heavy (non-hydrogen) atoms. The van der Waals surface area contributed by atoms with Crippen LogP contribution in [0.1, 0.15) is 16.1 Å². The van der Waals surface area contributed by atoms with Crippen LogP contribution in [-0.2, 0) is 11.0 Å². The summed E-state index contributed by atoms with van der Waals surface area (Å²) in [4.78, 5) is 28.1. The lowest BCUT2D eigenvalue weighted by atomic mass is 10.2. The van der Waals surface area contributed by atoms with E-state index in [9.17, 15) is 22.8 Å². The fraction of sp³-hybridized carbons (Fsp3) is 0.235. The van der Waals surface area contributed by atoms with Gasteiger partial charge in [0.25, 0.3) is 11.8 Å². The third-order valence-electron chi connectivity index (χ3n) is 3.29. The number of anilines is 1. The Balaban J connectivity index is 1.96. The van der Waals surface area contributed by atoms with Gasteiger partial charge in [0.1, 0.15) is 11.4 Å². The summed E-state index contributed by atoms with van der Waals surface area (Å²) in [7, 11) is 3.22. The molecule has 0 radical (unpaired) electrons. The number of nitrogens with zero attached hydrogens (tertiary/aromatic N) is 2. The van der Waals surface area contributed by atoms with Crippen LogP contribution in [0.3, 0.4) is 0 Å². The Hall–Kier alpha value is -3.10. The lowest BCUT2D eigenvalue weighted by molar-refractivity contribution is -0.141. The van der Waals surface area contributed by atoms with E-state index >= 15 is 0 Å². The molecule has 2 rings (SSSR count). The molecule has 9 heteroatoms.